The predicted octanol–water partition coefficient (Wildman–Crippen LogP) is 1.07. The Bertz CT molecular complexity index is 419. The number of epoxide rings is 1. The van der Waals surface area contributed by atoms with E-state index >= 15 is 0 Å². The maximum absolute atomic E-state index is 11.5. The lowest BCUT2D eigenvalue weighted by Crippen LogP contribution is -2.41. The third-order valence-electron chi connectivity index (χ3n) is 3.35. The highest BCUT2D eigenvalue weighted by molar-refractivity contribution is 5.67. The van der Waals surface area contributed by atoms with Crippen molar-refractivity contribution in [3.8, 4) is 0 Å². The van der Waals surface area contributed by atoms with Gasteiger partial charge in [-0.05, 0) is 54.4 Å². The molecule has 0 saturated carbocycles. The summed E-state index contributed by atoms with van der Waals surface area (Å²) in [4.78, 5) is 11.5. The second-order valence-electron chi connectivity index (χ2n) is 8.34. The van der Waals surface area contributed by atoms with Gasteiger partial charge < -0.3 is 30.4 Å². The van der Waals surface area contributed by atoms with Crippen LogP contribution in [-0.2, 0) is 14.2 Å². The van der Waals surface area contributed by atoms with E-state index in [1.165, 1.54) is 0 Å². The van der Waals surface area contributed by atoms with Gasteiger partial charge in [0.05, 0.1) is 17.7 Å². The first-order valence-corrected chi connectivity index (χ1v) is 8.84. The van der Waals surface area contributed by atoms with E-state index in [2.05, 4.69) is 10.6 Å². The molecule has 0 bridgehead atoms. The van der Waals surface area contributed by atoms with Crippen molar-refractivity contribution in [1.29, 1.82) is 0 Å². The Balaban J connectivity index is 2.07. The van der Waals surface area contributed by atoms with Crippen LogP contribution in [0.5, 0.6) is 0 Å². The summed E-state index contributed by atoms with van der Waals surface area (Å²) in [5.41, 5.74) is 5.01. The van der Waals surface area contributed by atoms with Crippen LogP contribution in [0.4, 0.5) is 4.79 Å². The van der Waals surface area contributed by atoms with E-state index in [1.807, 2.05) is 41.5 Å². The topological polar surface area (TPSA) is 118 Å². The summed E-state index contributed by atoms with van der Waals surface area (Å²) in [5.74, 6) is 0. The number of nitrogens with one attached hydrogen (secondary N) is 2. The SMILES string of the molecule is CC(C)(C)OC(=O)NCCNC1OC1CCC(N)C(O)OC(C)(C)C. The average Bonchev–Trinajstić information content (AvgIpc) is 3.15. The molecule has 4 unspecified atom stereocenters. The zero-order valence-electron chi connectivity index (χ0n) is 16.3. The van der Waals surface area contributed by atoms with Gasteiger partial charge in [-0.2, -0.15) is 0 Å². The molecule has 1 aliphatic rings. The quantitative estimate of drug-likeness (QED) is 0.275. The zero-order chi connectivity index (χ0) is 19.3. The number of hydrogen-bond donors (Lipinski definition) is 4. The molecule has 25 heavy (non-hydrogen) atoms. The molecule has 0 spiro atoms. The van der Waals surface area contributed by atoms with Crippen molar-refractivity contribution in [3.05, 3.63) is 0 Å². The van der Waals surface area contributed by atoms with Crippen LogP contribution in [0, 0.1) is 0 Å². The highest BCUT2D eigenvalue weighted by Crippen LogP contribution is 2.25. The Kier molecular flexibility index (Phi) is 8.08. The largest absolute Gasteiger partial charge is 0.444 e. The van der Waals surface area contributed by atoms with Gasteiger partial charge in [0, 0.05) is 13.1 Å². The Morgan fingerprint density at radius 2 is 1.84 bits per heavy atom. The molecule has 8 heteroatoms. The van der Waals surface area contributed by atoms with Crippen LogP contribution < -0.4 is 16.4 Å². The lowest BCUT2D eigenvalue weighted by Gasteiger charge is -2.27. The van der Waals surface area contributed by atoms with Crippen molar-refractivity contribution in [3.63, 3.8) is 0 Å². The zero-order valence-corrected chi connectivity index (χ0v) is 16.3. The Labute approximate surface area is 150 Å². The number of hydrogen-bond acceptors (Lipinski definition) is 7. The fourth-order valence-corrected chi connectivity index (χ4v) is 2.18. The number of alkyl carbamates (subject to hydrolysis) is 1. The minimum absolute atomic E-state index is 0.0340. The second kappa shape index (κ2) is 9.14. The minimum atomic E-state index is -0.983. The number of aliphatic hydroxyl groups is 1. The van der Waals surface area contributed by atoms with E-state index in [-0.39, 0.29) is 12.3 Å². The predicted molar refractivity (Wildman–Crippen MR) is 95.0 cm³/mol. The molecule has 0 aromatic carbocycles. The van der Waals surface area contributed by atoms with Crippen LogP contribution in [0.25, 0.3) is 0 Å². The Morgan fingerprint density at radius 3 is 2.40 bits per heavy atom. The molecule has 0 aromatic heterocycles. The highest BCUT2D eigenvalue weighted by Gasteiger charge is 2.38. The number of amides is 1. The van der Waals surface area contributed by atoms with Crippen molar-refractivity contribution < 1.29 is 24.1 Å². The lowest BCUT2D eigenvalue weighted by atomic mass is 10.1. The number of aliphatic hydroxyl groups excluding tert-OH is 1. The molecule has 5 N–H and O–H groups in total. The number of ether oxygens (including phenoxy) is 3. The van der Waals surface area contributed by atoms with Crippen LogP contribution in [0.15, 0.2) is 0 Å². The van der Waals surface area contributed by atoms with Gasteiger partial charge in [0.25, 0.3) is 0 Å². The van der Waals surface area contributed by atoms with Crippen LogP contribution in [-0.4, -0.2) is 60.2 Å². The number of rotatable bonds is 9. The summed E-state index contributed by atoms with van der Waals surface area (Å²) < 4.78 is 16.1. The number of carbonyl (C=O) groups excluding carboxylic acids is 1. The molecule has 0 aromatic rings. The van der Waals surface area contributed by atoms with E-state index < -0.39 is 29.6 Å². The summed E-state index contributed by atoms with van der Waals surface area (Å²) in [5, 5.41) is 15.8. The monoisotopic (exact) mass is 361 g/mol. The van der Waals surface area contributed by atoms with Crippen molar-refractivity contribution in [2.45, 2.75) is 90.2 Å². The number of carbonyl (C=O) groups is 1. The van der Waals surface area contributed by atoms with Crippen molar-refractivity contribution in [2.24, 2.45) is 5.73 Å². The normalized spacial score (nSPS) is 23.0. The Morgan fingerprint density at radius 1 is 1.20 bits per heavy atom. The van der Waals surface area contributed by atoms with Gasteiger partial charge in [-0.1, -0.05) is 0 Å². The molecule has 1 rings (SSSR count). The third kappa shape index (κ3) is 10.6. The first kappa shape index (κ1) is 22.1. The molecule has 1 amide bonds. The van der Waals surface area contributed by atoms with E-state index in [0.29, 0.717) is 19.5 Å². The van der Waals surface area contributed by atoms with Gasteiger partial charge in [-0.3, -0.25) is 5.32 Å². The first-order valence-electron chi connectivity index (χ1n) is 8.84. The highest BCUT2D eigenvalue weighted by atomic mass is 16.6. The van der Waals surface area contributed by atoms with Gasteiger partial charge in [-0.25, -0.2) is 4.79 Å². The molecular formula is C17H35N3O5. The molecule has 1 heterocycles. The van der Waals surface area contributed by atoms with E-state index in [9.17, 15) is 9.90 Å². The van der Waals surface area contributed by atoms with Crippen LogP contribution in [0.1, 0.15) is 54.4 Å². The van der Waals surface area contributed by atoms with Gasteiger partial charge >= 0.3 is 6.09 Å². The van der Waals surface area contributed by atoms with E-state index in [4.69, 9.17) is 19.9 Å². The molecular weight excluding hydrogens is 326 g/mol. The minimum Gasteiger partial charge on any atom is -0.444 e. The maximum atomic E-state index is 11.5. The lowest BCUT2D eigenvalue weighted by molar-refractivity contribution is -0.176. The fraction of sp³-hybridized carbons (Fsp3) is 0.941. The fourth-order valence-electron chi connectivity index (χ4n) is 2.18. The maximum Gasteiger partial charge on any atom is 0.407 e. The van der Waals surface area contributed by atoms with Crippen molar-refractivity contribution >= 4 is 6.09 Å². The van der Waals surface area contributed by atoms with Gasteiger partial charge in [0.1, 0.15) is 11.8 Å². The Hall–Kier alpha value is -0.930. The van der Waals surface area contributed by atoms with Gasteiger partial charge in [0.15, 0.2) is 6.29 Å². The summed E-state index contributed by atoms with van der Waals surface area (Å²) in [6.45, 7) is 12.1. The van der Waals surface area contributed by atoms with Gasteiger partial charge in [0.2, 0.25) is 0 Å². The summed E-state index contributed by atoms with van der Waals surface area (Å²) >= 11 is 0. The second-order valence-corrected chi connectivity index (χ2v) is 8.34. The first-order chi connectivity index (χ1) is 11.4. The van der Waals surface area contributed by atoms with E-state index in [0.717, 1.165) is 6.42 Å². The average molecular weight is 361 g/mol. The van der Waals surface area contributed by atoms with Crippen LogP contribution >= 0.6 is 0 Å². The van der Waals surface area contributed by atoms with Crippen molar-refractivity contribution in [1.82, 2.24) is 10.6 Å². The summed E-state index contributed by atoms with van der Waals surface area (Å²) in [6, 6.07) is -0.446. The number of nitrogens with two attached hydrogens (primary N) is 1. The van der Waals surface area contributed by atoms with Crippen LogP contribution in [0.2, 0.25) is 0 Å². The third-order valence-corrected chi connectivity index (χ3v) is 3.35. The van der Waals surface area contributed by atoms with Crippen LogP contribution in [0.3, 0.4) is 0 Å². The summed E-state index contributed by atoms with van der Waals surface area (Å²) in [7, 11) is 0. The standard InChI is InChI=1S/C17H35N3O5/c1-16(2,3)24-14(21)11(18)7-8-12-13(23-12)19-9-10-20-15(22)25-17(4,5)6/h11-14,19,21H,7-10,18H2,1-6H3,(H,20,22). The molecule has 1 saturated heterocycles. The van der Waals surface area contributed by atoms with E-state index in [1.54, 1.807) is 0 Å². The molecule has 8 nitrogen and oxygen atoms in total. The van der Waals surface area contributed by atoms with Gasteiger partial charge in [-0.15, -0.1) is 0 Å². The molecule has 4 atom stereocenters. The molecule has 148 valence electrons. The summed E-state index contributed by atoms with van der Waals surface area (Å²) in [6.07, 6.45) is -0.0219. The van der Waals surface area contributed by atoms with Crippen molar-refractivity contribution in [2.75, 3.05) is 13.1 Å². The molecule has 1 fully saturated rings. The molecule has 1 aliphatic heterocycles. The smallest absolute Gasteiger partial charge is 0.407 e. The molecule has 0 aliphatic carbocycles. The molecule has 0 radical (unpaired) electrons.